The molecule has 0 atom stereocenters. The van der Waals surface area contributed by atoms with Crippen molar-refractivity contribution in [2.24, 2.45) is 0 Å². The number of anilines is 1. The van der Waals surface area contributed by atoms with Gasteiger partial charge in [0.1, 0.15) is 11.3 Å². The molecule has 0 saturated heterocycles. The molecule has 0 saturated carbocycles. The lowest BCUT2D eigenvalue weighted by Crippen LogP contribution is -2.29. The number of rotatable bonds is 5. The molecule has 0 radical (unpaired) electrons. The summed E-state index contributed by atoms with van der Waals surface area (Å²) in [5.41, 5.74) is 2.39. The third-order valence-electron chi connectivity index (χ3n) is 4.46. The number of aryl methyl sites for hydroxylation is 2. The number of hydrogen-bond acceptors (Lipinski definition) is 4. The molecule has 1 heterocycles. The van der Waals surface area contributed by atoms with E-state index in [4.69, 9.17) is 0 Å². The number of amides is 1. The minimum atomic E-state index is -0.686. The zero-order chi connectivity index (χ0) is 20.3. The molecule has 1 N–H and O–H groups in total. The Morgan fingerprint density at radius 2 is 1.86 bits per heavy atom. The number of nitro groups is 1. The molecule has 1 aromatic heterocycles. The maximum absolute atomic E-state index is 12.8. The highest BCUT2D eigenvalue weighted by atomic mass is 16.6. The topological polar surface area (TPSA) is 94.2 Å². The van der Waals surface area contributed by atoms with E-state index in [9.17, 15) is 19.7 Å². The largest absolute Gasteiger partial charge is 0.316 e. The van der Waals surface area contributed by atoms with Crippen LogP contribution in [0.4, 0.5) is 11.4 Å². The summed E-state index contributed by atoms with van der Waals surface area (Å²) in [5, 5.41) is 13.6. The van der Waals surface area contributed by atoms with E-state index in [1.165, 1.54) is 28.8 Å². The van der Waals surface area contributed by atoms with E-state index in [1.807, 2.05) is 32.0 Å². The van der Waals surface area contributed by atoms with Crippen molar-refractivity contribution >= 4 is 17.3 Å². The van der Waals surface area contributed by atoms with Gasteiger partial charge in [0, 0.05) is 12.3 Å². The van der Waals surface area contributed by atoms with Crippen LogP contribution in [-0.4, -0.2) is 15.4 Å². The number of nitro benzene ring substituents is 1. The molecule has 142 valence electrons. The Labute approximate surface area is 161 Å². The standard InChI is InChI=1S/C21H19N3O4/c1-14-9-10-15(2)16(12-14)13-23-11-5-6-17(21(23)26)20(25)22-18-7-3-4-8-19(18)24(27)28/h3-12H,13H2,1-2H3,(H,22,25). The van der Waals surface area contributed by atoms with Gasteiger partial charge in [-0.15, -0.1) is 0 Å². The van der Waals surface area contributed by atoms with Gasteiger partial charge in [-0.2, -0.15) is 0 Å². The number of pyridine rings is 1. The van der Waals surface area contributed by atoms with Crippen LogP contribution in [0.2, 0.25) is 0 Å². The van der Waals surface area contributed by atoms with Crippen molar-refractivity contribution in [2.45, 2.75) is 20.4 Å². The monoisotopic (exact) mass is 377 g/mol. The molecule has 0 fully saturated rings. The number of carbonyl (C=O) groups excluding carboxylic acids is 1. The number of carbonyl (C=O) groups is 1. The molecular weight excluding hydrogens is 358 g/mol. The van der Waals surface area contributed by atoms with Crippen LogP contribution in [0.25, 0.3) is 0 Å². The Kier molecular flexibility index (Phi) is 5.35. The Morgan fingerprint density at radius 1 is 1.11 bits per heavy atom. The van der Waals surface area contributed by atoms with Gasteiger partial charge in [0.25, 0.3) is 17.2 Å². The first-order valence-corrected chi connectivity index (χ1v) is 8.67. The number of nitrogens with one attached hydrogen (secondary N) is 1. The van der Waals surface area contributed by atoms with E-state index in [2.05, 4.69) is 5.32 Å². The minimum absolute atomic E-state index is 0.0434. The van der Waals surface area contributed by atoms with E-state index in [0.717, 1.165) is 16.7 Å². The molecule has 0 aliphatic heterocycles. The third kappa shape index (κ3) is 3.98. The van der Waals surface area contributed by atoms with E-state index in [-0.39, 0.29) is 16.9 Å². The smallest absolute Gasteiger partial charge is 0.292 e. The molecule has 0 unspecified atom stereocenters. The molecule has 0 aliphatic carbocycles. The highest BCUT2D eigenvalue weighted by Crippen LogP contribution is 2.23. The van der Waals surface area contributed by atoms with Crippen LogP contribution in [0.1, 0.15) is 27.0 Å². The molecule has 2 aromatic carbocycles. The summed E-state index contributed by atoms with van der Waals surface area (Å²) in [6.07, 6.45) is 1.62. The van der Waals surface area contributed by atoms with E-state index in [0.29, 0.717) is 6.54 Å². The fourth-order valence-corrected chi connectivity index (χ4v) is 2.92. The zero-order valence-corrected chi connectivity index (χ0v) is 15.5. The zero-order valence-electron chi connectivity index (χ0n) is 15.5. The van der Waals surface area contributed by atoms with Crippen LogP contribution in [0.3, 0.4) is 0 Å². The predicted octanol–water partition coefficient (Wildman–Crippen LogP) is 3.67. The van der Waals surface area contributed by atoms with Crippen molar-refractivity contribution in [3.8, 4) is 0 Å². The SMILES string of the molecule is Cc1ccc(C)c(Cn2cccc(C(=O)Nc3ccccc3[N+](=O)[O-])c2=O)c1. The lowest BCUT2D eigenvalue weighted by atomic mass is 10.1. The van der Waals surface area contributed by atoms with Crippen molar-refractivity contribution < 1.29 is 9.72 Å². The van der Waals surface area contributed by atoms with Crippen molar-refractivity contribution in [3.63, 3.8) is 0 Å². The maximum atomic E-state index is 12.8. The molecule has 7 nitrogen and oxygen atoms in total. The Hall–Kier alpha value is -3.74. The summed E-state index contributed by atoms with van der Waals surface area (Å²) in [7, 11) is 0. The van der Waals surface area contributed by atoms with Crippen molar-refractivity contribution in [1.29, 1.82) is 0 Å². The lowest BCUT2D eigenvalue weighted by Gasteiger charge is -2.11. The summed E-state index contributed by atoms with van der Waals surface area (Å²) >= 11 is 0. The number of benzene rings is 2. The van der Waals surface area contributed by atoms with Crippen LogP contribution < -0.4 is 10.9 Å². The molecule has 28 heavy (non-hydrogen) atoms. The van der Waals surface area contributed by atoms with Crippen LogP contribution in [0, 0.1) is 24.0 Å². The summed E-state index contributed by atoms with van der Waals surface area (Å²) in [5.74, 6) is -0.686. The molecule has 3 aromatic rings. The molecule has 0 spiro atoms. The maximum Gasteiger partial charge on any atom is 0.292 e. The summed E-state index contributed by atoms with van der Waals surface area (Å²) in [6.45, 7) is 4.27. The van der Waals surface area contributed by atoms with Gasteiger partial charge >= 0.3 is 0 Å². The molecule has 7 heteroatoms. The highest BCUT2D eigenvalue weighted by Gasteiger charge is 2.18. The minimum Gasteiger partial charge on any atom is -0.316 e. The van der Waals surface area contributed by atoms with Gasteiger partial charge in [0.2, 0.25) is 0 Å². The van der Waals surface area contributed by atoms with Crippen molar-refractivity contribution in [2.75, 3.05) is 5.32 Å². The fraction of sp³-hybridized carbons (Fsp3) is 0.143. The van der Waals surface area contributed by atoms with Crippen LogP contribution in [-0.2, 0) is 6.54 Å². The first-order valence-electron chi connectivity index (χ1n) is 8.67. The van der Waals surface area contributed by atoms with E-state index >= 15 is 0 Å². The summed E-state index contributed by atoms with van der Waals surface area (Å²) in [6, 6.07) is 14.8. The first-order chi connectivity index (χ1) is 13.4. The van der Waals surface area contributed by atoms with Gasteiger partial charge in [-0.25, -0.2) is 0 Å². The second kappa shape index (κ2) is 7.87. The van der Waals surface area contributed by atoms with Gasteiger partial charge in [-0.05, 0) is 43.2 Å². The van der Waals surface area contributed by atoms with Crippen LogP contribution in [0.15, 0.2) is 65.6 Å². The molecule has 1 amide bonds. The van der Waals surface area contributed by atoms with Crippen LogP contribution in [0.5, 0.6) is 0 Å². The Balaban J connectivity index is 1.91. The number of aromatic nitrogens is 1. The molecule has 3 rings (SSSR count). The molecule has 0 aliphatic rings. The van der Waals surface area contributed by atoms with Gasteiger partial charge < -0.3 is 9.88 Å². The third-order valence-corrected chi connectivity index (χ3v) is 4.46. The van der Waals surface area contributed by atoms with Crippen molar-refractivity contribution in [1.82, 2.24) is 4.57 Å². The van der Waals surface area contributed by atoms with E-state index in [1.54, 1.807) is 18.3 Å². The molecular formula is C21H19N3O4. The van der Waals surface area contributed by atoms with Gasteiger partial charge in [-0.1, -0.05) is 35.9 Å². The average molecular weight is 377 g/mol. The fourth-order valence-electron chi connectivity index (χ4n) is 2.92. The second-order valence-electron chi connectivity index (χ2n) is 6.51. The molecule has 0 bridgehead atoms. The highest BCUT2D eigenvalue weighted by molar-refractivity contribution is 6.05. The normalized spacial score (nSPS) is 10.5. The average Bonchev–Trinajstić information content (AvgIpc) is 2.66. The number of hydrogen-bond donors (Lipinski definition) is 1. The lowest BCUT2D eigenvalue weighted by molar-refractivity contribution is -0.383. The Bertz CT molecular complexity index is 1120. The number of nitrogens with zero attached hydrogens (tertiary/aromatic N) is 2. The van der Waals surface area contributed by atoms with Crippen LogP contribution >= 0.6 is 0 Å². The van der Waals surface area contributed by atoms with Crippen molar-refractivity contribution in [3.05, 3.63) is 104 Å². The van der Waals surface area contributed by atoms with Gasteiger partial charge in [0.15, 0.2) is 0 Å². The second-order valence-corrected chi connectivity index (χ2v) is 6.51. The first kappa shape index (κ1) is 19.0. The number of para-hydroxylation sites is 2. The quantitative estimate of drug-likeness (QED) is 0.542. The van der Waals surface area contributed by atoms with E-state index < -0.39 is 16.4 Å². The summed E-state index contributed by atoms with van der Waals surface area (Å²) < 4.78 is 1.45. The Morgan fingerprint density at radius 3 is 2.61 bits per heavy atom. The summed E-state index contributed by atoms with van der Waals surface area (Å²) in [4.78, 5) is 35.9. The predicted molar refractivity (Wildman–Crippen MR) is 107 cm³/mol. The van der Waals surface area contributed by atoms with Gasteiger partial charge in [0.05, 0.1) is 11.5 Å². The van der Waals surface area contributed by atoms with Gasteiger partial charge in [-0.3, -0.25) is 19.7 Å².